The fraction of sp³-hybridized carbons (Fsp3) is 0.500. The minimum Gasteiger partial charge on any atom is -0.481 e. The predicted octanol–water partition coefficient (Wildman–Crippen LogP) is 6.59. The van der Waals surface area contributed by atoms with Crippen LogP contribution < -0.4 is 10.6 Å². The van der Waals surface area contributed by atoms with E-state index in [2.05, 4.69) is 27.7 Å². The Hall–Kier alpha value is -1.50. The summed E-state index contributed by atoms with van der Waals surface area (Å²) in [7, 11) is 0. The number of hydrogen-bond donors (Lipinski definition) is 3. The summed E-state index contributed by atoms with van der Waals surface area (Å²) in [4.78, 5) is 14.1. The van der Waals surface area contributed by atoms with Gasteiger partial charge in [0.2, 0.25) is 0 Å². The molecule has 2 heterocycles. The van der Waals surface area contributed by atoms with E-state index in [0.29, 0.717) is 27.0 Å². The van der Waals surface area contributed by atoms with E-state index in [9.17, 15) is 9.90 Å². The number of rotatable bonds is 7. The molecule has 34 heavy (non-hydrogen) atoms. The van der Waals surface area contributed by atoms with Crippen molar-refractivity contribution in [3.8, 4) is 0 Å². The molecule has 2 aromatic rings. The van der Waals surface area contributed by atoms with Crippen molar-refractivity contribution in [2.75, 3.05) is 25.0 Å². The normalized spacial score (nSPS) is 24.5. The summed E-state index contributed by atoms with van der Waals surface area (Å²) in [6, 6.07) is 12.0. The number of carboxylic acid groups (broad SMARTS) is 1. The molecule has 2 saturated heterocycles. The minimum absolute atomic E-state index is 0.0417. The molecule has 0 amide bonds. The summed E-state index contributed by atoms with van der Waals surface area (Å²) in [5.41, 5.74) is 2.99. The number of benzene rings is 2. The third-order valence-electron chi connectivity index (χ3n) is 7.17. The lowest BCUT2D eigenvalue weighted by Crippen LogP contribution is -2.53. The molecule has 5 nitrogen and oxygen atoms in total. The first kappa shape index (κ1) is 25.6. The van der Waals surface area contributed by atoms with Crippen molar-refractivity contribution in [1.29, 1.82) is 0 Å². The number of carboxylic acids is 1. The van der Waals surface area contributed by atoms with Gasteiger partial charge >= 0.3 is 5.97 Å². The second-order valence-electron chi connectivity index (χ2n) is 9.48. The Kier molecular flexibility index (Phi) is 8.65. The number of carbonyl (C=O) groups is 1. The Bertz CT molecular complexity index is 1010. The Balaban J connectivity index is 1.50. The molecule has 4 rings (SSSR count). The highest BCUT2D eigenvalue weighted by molar-refractivity contribution is 6.35. The topological polar surface area (TPSA) is 64.6 Å². The highest BCUT2D eigenvalue weighted by Crippen LogP contribution is 2.38. The zero-order valence-corrected chi connectivity index (χ0v) is 21.6. The Morgan fingerprint density at radius 3 is 2.71 bits per heavy atom. The molecule has 184 valence electrons. The standard InChI is InChI=1S/C26H32Cl3N3O2/c1-16(22-6-5-19(27)13-24(22)29)31-25-12-17(4-7-23(25)28)18-8-10-32(20-3-2-9-30-15-20)21(11-18)14-26(33)34/h4-7,12-13,16,18,20-21,30-31H,2-3,8-11,14-15H2,1H3,(H,33,34)/t16-,18?,20+,21?/m1/s1. The van der Waals surface area contributed by atoms with Gasteiger partial charge in [-0.1, -0.05) is 46.9 Å². The number of halogens is 3. The van der Waals surface area contributed by atoms with Crippen LogP contribution in [0.1, 0.15) is 62.1 Å². The molecular formula is C26H32Cl3N3O2. The quantitative estimate of drug-likeness (QED) is 0.381. The van der Waals surface area contributed by atoms with Gasteiger partial charge in [-0.3, -0.25) is 9.69 Å². The second kappa shape index (κ2) is 11.5. The van der Waals surface area contributed by atoms with Gasteiger partial charge in [0.15, 0.2) is 0 Å². The number of anilines is 1. The Labute approximate surface area is 216 Å². The van der Waals surface area contributed by atoms with Crippen LogP contribution in [0.25, 0.3) is 0 Å². The van der Waals surface area contributed by atoms with Gasteiger partial charge in [-0.05, 0) is 87.0 Å². The van der Waals surface area contributed by atoms with Crippen LogP contribution in [0.4, 0.5) is 5.69 Å². The maximum atomic E-state index is 11.7. The maximum Gasteiger partial charge on any atom is 0.304 e. The van der Waals surface area contributed by atoms with E-state index in [1.807, 2.05) is 25.1 Å². The lowest BCUT2D eigenvalue weighted by Gasteiger charge is -2.45. The van der Waals surface area contributed by atoms with Gasteiger partial charge in [0, 0.05) is 28.7 Å². The summed E-state index contributed by atoms with van der Waals surface area (Å²) < 4.78 is 0. The lowest BCUT2D eigenvalue weighted by molar-refractivity contribution is -0.139. The first-order valence-corrected chi connectivity index (χ1v) is 13.1. The summed E-state index contributed by atoms with van der Waals surface area (Å²) in [6.07, 6.45) is 4.30. The molecular weight excluding hydrogens is 493 g/mol. The molecule has 0 spiro atoms. The first-order chi connectivity index (χ1) is 16.3. The summed E-state index contributed by atoms with van der Waals surface area (Å²) in [5.74, 6) is -0.434. The van der Waals surface area contributed by atoms with Crippen LogP contribution in [-0.4, -0.2) is 47.7 Å². The third-order valence-corrected chi connectivity index (χ3v) is 8.07. The molecule has 0 radical (unpaired) electrons. The number of nitrogens with zero attached hydrogens (tertiary/aromatic N) is 1. The number of nitrogens with one attached hydrogen (secondary N) is 2. The van der Waals surface area contributed by atoms with Crippen LogP contribution in [0.2, 0.25) is 15.1 Å². The van der Waals surface area contributed by atoms with Crippen LogP contribution in [0, 0.1) is 0 Å². The molecule has 0 aliphatic carbocycles. The monoisotopic (exact) mass is 523 g/mol. The minimum atomic E-state index is -0.730. The van der Waals surface area contributed by atoms with Crippen molar-refractivity contribution in [3.63, 3.8) is 0 Å². The fourth-order valence-electron chi connectivity index (χ4n) is 5.44. The van der Waals surface area contributed by atoms with Gasteiger partial charge in [-0.2, -0.15) is 0 Å². The molecule has 2 aliphatic heterocycles. The second-order valence-corrected chi connectivity index (χ2v) is 10.7. The SMILES string of the molecule is C[C@@H](Nc1cc(C2CCN([C@H]3CCCNC3)C(CC(=O)O)C2)ccc1Cl)c1ccc(Cl)cc1Cl. The van der Waals surface area contributed by atoms with Crippen molar-refractivity contribution in [1.82, 2.24) is 10.2 Å². The average Bonchev–Trinajstić information content (AvgIpc) is 2.80. The molecule has 8 heteroatoms. The van der Waals surface area contributed by atoms with E-state index in [4.69, 9.17) is 34.8 Å². The predicted molar refractivity (Wildman–Crippen MR) is 141 cm³/mol. The van der Waals surface area contributed by atoms with Gasteiger partial charge in [0.1, 0.15) is 0 Å². The maximum absolute atomic E-state index is 11.7. The van der Waals surface area contributed by atoms with E-state index < -0.39 is 5.97 Å². The fourth-order valence-corrected chi connectivity index (χ4v) is 6.19. The van der Waals surface area contributed by atoms with Crippen molar-refractivity contribution in [3.05, 3.63) is 62.6 Å². The number of likely N-dealkylation sites (tertiary alicyclic amines) is 1. The third kappa shape index (κ3) is 6.19. The molecule has 2 aliphatic rings. The van der Waals surface area contributed by atoms with Gasteiger partial charge in [-0.25, -0.2) is 0 Å². The molecule has 0 saturated carbocycles. The van der Waals surface area contributed by atoms with Crippen molar-refractivity contribution < 1.29 is 9.90 Å². The van der Waals surface area contributed by atoms with Crippen LogP contribution in [-0.2, 0) is 4.79 Å². The van der Waals surface area contributed by atoms with Crippen LogP contribution >= 0.6 is 34.8 Å². The smallest absolute Gasteiger partial charge is 0.304 e. The van der Waals surface area contributed by atoms with E-state index in [1.165, 1.54) is 5.56 Å². The molecule has 2 fully saturated rings. The molecule has 2 aromatic carbocycles. The molecule has 4 atom stereocenters. The largest absolute Gasteiger partial charge is 0.481 e. The van der Waals surface area contributed by atoms with Gasteiger partial charge < -0.3 is 15.7 Å². The Morgan fingerprint density at radius 2 is 2.00 bits per heavy atom. The zero-order valence-electron chi connectivity index (χ0n) is 19.4. The zero-order chi connectivity index (χ0) is 24.2. The molecule has 0 aromatic heterocycles. The van der Waals surface area contributed by atoms with Gasteiger partial charge in [-0.15, -0.1) is 0 Å². The van der Waals surface area contributed by atoms with E-state index in [0.717, 1.165) is 56.6 Å². The van der Waals surface area contributed by atoms with E-state index in [1.54, 1.807) is 6.07 Å². The van der Waals surface area contributed by atoms with E-state index >= 15 is 0 Å². The Morgan fingerprint density at radius 1 is 1.18 bits per heavy atom. The molecule has 2 unspecified atom stereocenters. The molecule has 0 bridgehead atoms. The number of piperidine rings is 2. The highest BCUT2D eigenvalue weighted by Gasteiger charge is 2.35. The van der Waals surface area contributed by atoms with Crippen molar-refractivity contribution >= 4 is 46.5 Å². The van der Waals surface area contributed by atoms with Gasteiger partial charge in [0.25, 0.3) is 0 Å². The number of hydrogen-bond acceptors (Lipinski definition) is 4. The van der Waals surface area contributed by atoms with E-state index in [-0.39, 0.29) is 18.5 Å². The summed E-state index contributed by atoms with van der Waals surface area (Å²) >= 11 is 19.0. The summed E-state index contributed by atoms with van der Waals surface area (Å²) in [5, 5.41) is 18.4. The van der Waals surface area contributed by atoms with Crippen LogP contribution in [0.5, 0.6) is 0 Å². The van der Waals surface area contributed by atoms with Gasteiger partial charge in [0.05, 0.1) is 23.2 Å². The first-order valence-electron chi connectivity index (χ1n) is 12.0. The number of aliphatic carboxylic acids is 1. The average molecular weight is 525 g/mol. The van der Waals surface area contributed by atoms with Crippen LogP contribution in [0.15, 0.2) is 36.4 Å². The summed E-state index contributed by atoms with van der Waals surface area (Å²) in [6.45, 7) is 4.95. The van der Waals surface area contributed by atoms with Crippen LogP contribution in [0.3, 0.4) is 0 Å². The van der Waals surface area contributed by atoms with Crippen molar-refractivity contribution in [2.45, 2.75) is 63.1 Å². The highest BCUT2D eigenvalue weighted by atomic mass is 35.5. The molecule has 3 N–H and O–H groups in total. The lowest BCUT2D eigenvalue weighted by atomic mass is 9.82. The van der Waals surface area contributed by atoms with Crippen molar-refractivity contribution in [2.24, 2.45) is 0 Å².